The maximum absolute atomic E-state index is 11.7. The smallest absolute Gasteiger partial charge is 0.252 e. The fourth-order valence-corrected chi connectivity index (χ4v) is 3.08. The molecule has 106 valence electrons. The van der Waals surface area contributed by atoms with Crippen LogP contribution in [-0.4, -0.2) is 29.1 Å². The lowest BCUT2D eigenvalue weighted by molar-refractivity contribution is 0.459. The Balaban J connectivity index is 2.31. The number of aromatic amines is 1. The van der Waals surface area contributed by atoms with Crippen LogP contribution < -0.4 is 16.2 Å². The lowest BCUT2D eigenvalue weighted by Gasteiger charge is -2.32. The van der Waals surface area contributed by atoms with Gasteiger partial charge in [0.05, 0.1) is 0 Å². The van der Waals surface area contributed by atoms with Crippen LogP contribution in [0.15, 0.2) is 10.9 Å². The standard InChI is InChI=1S/C14H24N4O/c1-3-12-16-13(8-14(19)17-12)18(4-2)11-7-5-6-10(11)9-15/h8,10-11H,3-7,9,15H2,1-2H3,(H,16,17,19). The molecule has 1 aliphatic carbocycles. The van der Waals surface area contributed by atoms with Crippen LogP contribution in [0.5, 0.6) is 0 Å². The molecule has 2 rings (SSSR count). The lowest BCUT2D eigenvalue weighted by atomic mass is 10.0. The second-order valence-electron chi connectivity index (χ2n) is 5.18. The Labute approximate surface area is 114 Å². The van der Waals surface area contributed by atoms with E-state index in [-0.39, 0.29) is 5.56 Å². The number of nitrogens with zero attached hydrogens (tertiary/aromatic N) is 2. The number of hydrogen-bond donors (Lipinski definition) is 2. The molecule has 0 amide bonds. The van der Waals surface area contributed by atoms with Crippen LogP contribution in [0.2, 0.25) is 0 Å². The molecule has 2 atom stereocenters. The molecule has 19 heavy (non-hydrogen) atoms. The van der Waals surface area contributed by atoms with Gasteiger partial charge >= 0.3 is 0 Å². The summed E-state index contributed by atoms with van der Waals surface area (Å²) in [5.41, 5.74) is 5.80. The molecule has 3 N–H and O–H groups in total. The van der Waals surface area contributed by atoms with Crippen molar-refractivity contribution < 1.29 is 0 Å². The monoisotopic (exact) mass is 264 g/mol. The summed E-state index contributed by atoms with van der Waals surface area (Å²) < 4.78 is 0. The third kappa shape index (κ3) is 2.97. The Morgan fingerprint density at radius 2 is 2.26 bits per heavy atom. The SMILES string of the molecule is CCc1nc(N(CC)C2CCCC2CN)cc(=O)[nH]1. The molecule has 0 aromatic carbocycles. The van der Waals surface area contributed by atoms with Gasteiger partial charge in [0.25, 0.3) is 5.56 Å². The maximum atomic E-state index is 11.7. The molecule has 1 heterocycles. The van der Waals surface area contributed by atoms with Crippen molar-refractivity contribution in [3.05, 3.63) is 22.2 Å². The highest BCUT2D eigenvalue weighted by atomic mass is 16.1. The highest BCUT2D eigenvalue weighted by molar-refractivity contribution is 5.39. The zero-order chi connectivity index (χ0) is 13.8. The van der Waals surface area contributed by atoms with Gasteiger partial charge in [0.1, 0.15) is 11.6 Å². The van der Waals surface area contributed by atoms with Crippen molar-refractivity contribution in [3.63, 3.8) is 0 Å². The number of nitrogens with one attached hydrogen (secondary N) is 1. The molecule has 5 nitrogen and oxygen atoms in total. The number of anilines is 1. The summed E-state index contributed by atoms with van der Waals surface area (Å²) >= 11 is 0. The fourth-order valence-electron chi connectivity index (χ4n) is 3.08. The van der Waals surface area contributed by atoms with Gasteiger partial charge in [0, 0.05) is 25.1 Å². The molecule has 0 bridgehead atoms. The highest BCUT2D eigenvalue weighted by Gasteiger charge is 2.31. The van der Waals surface area contributed by atoms with E-state index >= 15 is 0 Å². The topological polar surface area (TPSA) is 75.0 Å². The molecule has 0 spiro atoms. The summed E-state index contributed by atoms with van der Waals surface area (Å²) in [7, 11) is 0. The Bertz CT molecular complexity index is 471. The zero-order valence-corrected chi connectivity index (χ0v) is 11.9. The number of rotatable bonds is 5. The third-order valence-corrected chi connectivity index (χ3v) is 4.07. The van der Waals surface area contributed by atoms with Crippen molar-refractivity contribution in [3.8, 4) is 0 Å². The predicted molar refractivity (Wildman–Crippen MR) is 77.4 cm³/mol. The maximum Gasteiger partial charge on any atom is 0.252 e. The van der Waals surface area contributed by atoms with Crippen LogP contribution in [0.1, 0.15) is 38.9 Å². The normalized spacial score (nSPS) is 22.7. The quantitative estimate of drug-likeness (QED) is 0.840. The molecule has 1 aromatic rings. The van der Waals surface area contributed by atoms with Gasteiger partial charge in [-0.3, -0.25) is 4.79 Å². The summed E-state index contributed by atoms with van der Waals surface area (Å²) in [5, 5.41) is 0. The van der Waals surface area contributed by atoms with Crippen molar-refractivity contribution >= 4 is 5.82 Å². The van der Waals surface area contributed by atoms with Crippen LogP contribution >= 0.6 is 0 Å². The molecule has 0 aliphatic heterocycles. The van der Waals surface area contributed by atoms with E-state index in [1.54, 1.807) is 6.07 Å². The van der Waals surface area contributed by atoms with E-state index in [1.807, 2.05) is 6.92 Å². The molecule has 1 aliphatic rings. The lowest BCUT2D eigenvalue weighted by Crippen LogP contribution is -2.41. The Hall–Kier alpha value is -1.36. The summed E-state index contributed by atoms with van der Waals surface area (Å²) in [4.78, 5) is 21.3. The van der Waals surface area contributed by atoms with Crippen LogP contribution in [-0.2, 0) is 6.42 Å². The summed E-state index contributed by atoms with van der Waals surface area (Å²) in [6.45, 7) is 5.68. The van der Waals surface area contributed by atoms with Gasteiger partial charge in [-0.15, -0.1) is 0 Å². The van der Waals surface area contributed by atoms with Gasteiger partial charge in [0.15, 0.2) is 0 Å². The zero-order valence-electron chi connectivity index (χ0n) is 11.9. The van der Waals surface area contributed by atoms with Gasteiger partial charge in [0.2, 0.25) is 0 Å². The molecule has 1 aromatic heterocycles. The minimum absolute atomic E-state index is 0.0670. The first-order valence-electron chi connectivity index (χ1n) is 7.26. The molecule has 1 saturated carbocycles. The van der Waals surface area contributed by atoms with Crippen LogP contribution in [0.3, 0.4) is 0 Å². The average Bonchev–Trinajstić information content (AvgIpc) is 2.87. The largest absolute Gasteiger partial charge is 0.353 e. The van der Waals surface area contributed by atoms with Crippen molar-refractivity contribution in [2.45, 2.75) is 45.6 Å². The molecule has 5 heteroatoms. The number of aryl methyl sites for hydroxylation is 1. The van der Waals surface area contributed by atoms with E-state index in [1.165, 1.54) is 12.8 Å². The molecule has 0 radical (unpaired) electrons. The molecular weight excluding hydrogens is 240 g/mol. The van der Waals surface area contributed by atoms with Crippen molar-refractivity contribution in [2.24, 2.45) is 11.7 Å². The predicted octanol–water partition coefficient (Wildman–Crippen LogP) is 1.29. The Morgan fingerprint density at radius 3 is 2.89 bits per heavy atom. The fraction of sp³-hybridized carbons (Fsp3) is 0.714. The van der Waals surface area contributed by atoms with Gasteiger partial charge in [-0.25, -0.2) is 4.98 Å². The number of hydrogen-bond acceptors (Lipinski definition) is 4. The molecular formula is C14H24N4O. The van der Waals surface area contributed by atoms with E-state index in [9.17, 15) is 4.79 Å². The molecule has 2 unspecified atom stereocenters. The number of H-pyrrole nitrogens is 1. The van der Waals surface area contributed by atoms with Crippen molar-refractivity contribution in [1.82, 2.24) is 9.97 Å². The van der Waals surface area contributed by atoms with E-state index < -0.39 is 0 Å². The van der Waals surface area contributed by atoms with Crippen LogP contribution in [0.25, 0.3) is 0 Å². The van der Waals surface area contributed by atoms with E-state index in [2.05, 4.69) is 21.8 Å². The first-order valence-corrected chi connectivity index (χ1v) is 7.26. The molecule has 1 fully saturated rings. The second-order valence-corrected chi connectivity index (χ2v) is 5.18. The Kier molecular flexibility index (Phi) is 4.58. The summed E-state index contributed by atoms with van der Waals surface area (Å²) in [6.07, 6.45) is 4.28. The number of nitrogens with two attached hydrogens (primary N) is 1. The Morgan fingerprint density at radius 1 is 1.47 bits per heavy atom. The summed E-state index contributed by atoms with van der Waals surface area (Å²) in [6, 6.07) is 2.03. The first-order chi connectivity index (χ1) is 9.19. The van der Waals surface area contributed by atoms with Crippen molar-refractivity contribution in [2.75, 3.05) is 18.0 Å². The third-order valence-electron chi connectivity index (χ3n) is 4.07. The molecule has 0 saturated heterocycles. The van der Waals surface area contributed by atoms with E-state index in [0.29, 0.717) is 18.5 Å². The van der Waals surface area contributed by atoms with Crippen molar-refractivity contribution in [1.29, 1.82) is 0 Å². The van der Waals surface area contributed by atoms with Crippen LogP contribution in [0.4, 0.5) is 5.82 Å². The first kappa shape index (κ1) is 14.1. The average molecular weight is 264 g/mol. The van der Waals surface area contributed by atoms with Gasteiger partial charge in [-0.2, -0.15) is 0 Å². The highest BCUT2D eigenvalue weighted by Crippen LogP contribution is 2.31. The van der Waals surface area contributed by atoms with Gasteiger partial charge in [-0.1, -0.05) is 13.3 Å². The minimum atomic E-state index is -0.0670. The van der Waals surface area contributed by atoms with E-state index in [0.717, 1.165) is 31.0 Å². The van der Waals surface area contributed by atoms with E-state index in [4.69, 9.17) is 5.73 Å². The summed E-state index contributed by atoms with van der Waals surface area (Å²) in [5.74, 6) is 2.07. The second kappa shape index (κ2) is 6.19. The van der Waals surface area contributed by atoms with Gasteiger partial charge < -0.3 is 15.6 Å². The number of aromatic nitrogens is 2. The minimum Gasteiger partial charge on any atom is -0.353 e. The van der Waals surface area contributed by atoms with Gasteiger partial charge in [-0.05, 0) is 32.2 Å². The van der Waals surface area contributed by atoms with Crippen LogP contribution in [0, 0.1) is 5.92 Å².